The van der Waals surface area contributed by atoms with Gasteiger partial charge in [0, 0.05) is 17.0 Å². The molecule has 1 aromatic heterocycles. The number of hydrogen-bond donors (Lipinski definition) is 1. The number of fused-ring (bicyclic) bond motifs is 1. The Hall–Kier alpha value is -3.50. The normalized spacial score (nSPS) is 13.7. The Kier molecular flexibility index (Phi) is 6.94. The first kappa shape index (κ1) is 25.1. The second kappa shape index (κ2) is 9.40. The number of aromatic nitrogens is 2. The van der Waals surface area contributed by atoms with Gasteiger partial charge in [0.25, 0.3) is 0 Å². The Bertz CT molecular complexity index is 1220. The van der Waals surface area contributed by atoms with Crippen LogP contribution in [0.4, 0.5) is 26.7 Å². The highest BCUT2D eigenvalue weighted by Crippen LogP contribution is 2.40. The molecule has 1 amide bonds. The third kappa shape index (κ3) is 5.70. The van der Waals surface area contributed by atoms with E-state index in [1.165, 1.54) is 13.0 Å². The van der Waals surface area contributed by atoms with Crippen LogP contribution in [0.3, 0.4) is 0 Å². The predicted molar refractivity (Wildman–Crippen MR) is 114 cm³/mol. The van der Waals surface area contributed by atoms with Crippen molar-refractivity contribution in [1.82, 2.24) is 9.97 Å². The van der Waals surface area contributed by atoms with Crippen LogP contribution in [-0.4, -0.2) is 28.3 Å². The molecule has 0 saturated carbocycles. The highest BCUT2D eigenvalue weighted by atomic mass is 19.4. The summed E-state index contributed by atoms with van der Waals surface area (Å²) in [6.45, 7) is 4.83. The summed E-state index contributed by atoms with van der Waals surface area (Å²) in [5, 5.41) is 0.0440. The molecule has 0 aliphatic rings. The zero-order valence-electron chi connectivity index (χ0n) is 18.5. The maximum atomic E-state index is 13.9. The quantitative estimate of drug-likeness (QED) is 0.425. The molecule has 0 bridgehead atoms. The average molecular weight is 483 g/mol. The topological polar surface area (TPSA) is 87.3 Å². The van der Waals surface area contributed by atoms with Crippen LogP contribution >= 0.6 is 0 Å². The molecule has 3 rings (SSSR count). The van der Waals surface area contributed by atoms with Gasteiger partial charge in [-0.2, -0.15) is 13.2 Å². The molecule has 6 nitrogen and oxygen atoms in total. The number of rotatable bonds is 7. The van der Waals surface area contributed by atoms with Crippen LogP contribution in [0, 0.1) is 17.6 Å². The largest absolute Gasteiger partial charge is 0.489 e. The van der Waals surface area contributed by atoms with Crippen LogP contribution < -0.4 is 10.5 Å². The van der Waals surface area contributed by atoms with Crippen LogP contribution in [0.1, 0.15) is 32.8 Å². The van der Waals surface area contributed by atoms with Gasteiger partial charge in [-0.05, 0) is 43.5 Å². The van der Waals surface area contributed by atoms with Gasteiger partial charge in [0.05, 0.1) is 16.8 Å². The molecule has 2 N–H and O–H groups in total. The second-order valence-electron chi connectivity index (χ2n) is 8.47. The number of primary amides is 1. The highest BCUT2D eigenvalue weighted by molar-refractivity contribution is 5.92. The zero-order chi connectivity index (χ0) is 25.3. The first-order chi connectivity index (χ1) is 15.8. The highest BCUT2D eigenvalue weighted by Gasteiger charge is 2.37. The van der Waals surface area contributed by atoms with E-state index >= 15 is 0 Å². The summed E-state index contributed by atoms with van der Waals surface area (Å²) in [6, 6.07) is 4.87. The van der Waals surface area contributed by atoms with Crippen LogP contribution in [0.2, 0.25) is 0 Å². The van der Waals surface area contributed by atoms with Gasteiger partial charge in [0.2, 0.25) is 0 Å². The number of carbonyl (C=O) groups excluding carboxylic acids is 1. The smallest absolute Gasteiger partial charge is 0.419 e. The molecule has 0 spiro atoms. The van der Waals surface area contributed by atoms with E-state index in [4.69, 9.17) is 15.2 Å². The van der Waals surface area contributed by atoms with Crippen LogP contribution in [0.5, 0.6) is 5.75 Å². The maximum absolute atomic E-state index is 13.9. The summed E-state index contributed by atoms with van der Waals surface area (Å²) in [4.78, 5) is 19.1. The van der Waals surface area contributed by atoms with E-state index in [1.54, 1.807) is 0 Å². The van der Waals surface area contributed by atoms with E-state index in [0.29, 0.717) is 6.42 Å². The molecule has 0 fully saturated rings. The molecule has 0 aliphatic carbocycles. The van der Waals surface area contributed by atoms with Crippen molar-refractivity contribution in [2.24, 2.45) is 11.7 Å². The van der Waals surface area contributed by atoms with Gasteiger partial charge in [-0.15, -0.1) is 0 Å². The number of hydrogen-bond acceptors (Lipinski definition) is 5. The molecular weight excluding hydrogens is 461 g/mol. The lowest BCUT2D eigenvalue weighted by Gasteiger charge is -2.30. The van der Waals surface area contributed by atoms with Gasteiger partial charge in [0.15, 0.2) is 11.6 Å². The third-order valence-corrected chi connectivity index (χ3v) is 4.96. The van der Waals surface area contributed by atoms with Gasteiger partial charge in [0.1, 0.15) is 24.3 Å². The maximum Gasteiger partial charge on any atom is 0.419 e. The molecule has 1 heterocycles. The average Bonchev–Trinajstić information content (AvgIpc) is 2.71. The predicted octanol–water partition coefficient (Wildman–Crippen LogP) is 5.87. The lowest BCUT2D eigenvalue weighted by molar-refractivity contribution is -0.139. The van der Waals surface area contributed by atoms with Gasteiger partial charge >= 0.3 is 12.3 Å². The van der Waals surface area contributed by atoms with Crippen molar-refractivity contribution in [2.45, 2.75) is 39.0 Å². The second-order valence-corrected chi connectivity index (χ2v) is 8.47. The summed E-state index contributed by atoms with van der Waals surface area (Å²) in [7, 11) is 0. The number of amides is 1. The number of carbonyl (C=O) groups is 1. The van der Waals surface area contributed by atoms with Crippen molar-refractivity contribution >= 4 is 17.0 Å². The molecule has 0 radical (unpaired) electrons. The van der Waals surface area contributed by atoms with Crippen molar-refractivity contribution in [3.8, 4) is 17.0 Å². The summed E-state index contributed by atoms with van der Waals surface area (Å²) in [6.07, 6.45) is -4.54. The fourth-order valence-electron chi connectivity index (χ4n) is 3.77. The van der Waals surface area contributed by atoms with E-state index in [-0.39, 0.29) is 34.7 Å². The van der Waals surface area contributed by atoms with Gasteiger partial charge in [-0.3, -0.25) is 0 Å². The summed E-state index contributed by atoms with van der Waals surface area (Å²) >= 11 is 0. The minimum atomic E-state index is -4.81. The van der Waals surface area contributed by atoms with Gasteiger partial charge in [-0.25, -0.2) is 23.5 Å². The Labute approximate surface area is 191 Å². The van der Waals surface area contributed by atoms with Crippen molar-refractivity contribution in [3.63, 3.8) is 0 Å². The van der Waals surface area contributed by atoms with Crippen LogP contribution in [-0.2, 0) is 10.9 Å². The minimum Gasteiger partial charge on any atom is -0.489 e. The van der Waals surface area contributed by atoms with Gasteiger partial charge in [-0.1, -0.05) is 13.8 Å². The lowest BCUT2D eigenvalue weighted by atomic mass is 9.95. The number of halogens is 5. The number of nitrogens with zero attached hydrogens (tertiary/aromatic N) is 2. The van der Waals surface area contributed by atoms with Crippen LogP contribution in [0.25, 0.3) is 22.2 Å². The number of alkyl halides is 3. The summed E-state index contributed by atoms with van der Waals surface area (Å²) in [5.74, 6) is -2.79. The van der Waals surface area contributed by atoms with Gasteiger partial charge < -0.3 is 15.2 Å². The van der Waals surface area contributed by atoms with E-state index in [1.807, 2.05) is 13.8 Å². The Morgan fingerprint density at radius 3 is 2.38 bits per heavy atom. The molecule has 0 saturated heterocycles. The number of nitrogens with two attached hydrogens (primary N) is 1. The fourth-order valence-corrected chi connectivity index (χ4v) is 3.77. The fraction of sp³-hybridized carbons (Fsp3) is 0.348. The van der Waals surface area contributed by atoms with Crippen molar-refractivity contribution < 1.29 is 36.2 Å². The standard InChI is InChI=1S/C23H22F5N3O3/c1-12(2)9-22(3,34-21(29)32)10-33-19-5-4-13(6-15(19)23(26,27)28)20-14-7-16(24)17(25)8-18(14)30-11-31-20/h4-8,11-12H,9-10H2,1-3H3,(H2,29,32)/t22-/m0/s1. The summed E-state index contributed by atoms with van der Waals surface area (Å²) < 4.78 is 79.6. The third-order valence-electron chi connectivity index (χ3n) is 4.96. The Morgan fingerprint density at radius 1 is 1.09 bits per heavy atom. The molecule has 1 atom stereocenters. The number of benzene rings is 2. The minimum absolute atomic E-state index is 0.00332. The number of ether oxygens (including phenoxy) is 2. The Morgan fingerprint density at radius 2 is 1.76 bits per heavy atom. The molecule has 2 aromatic carbocycles. The monoisotopic (exact) mass is 483 g/mol. The van der Waals surface area contributed by atoms with Crippen molar-refractivity contribution in [2.75, 3.05) is 6.61 Å². The van der Waals surface area contributed by atoms with E-state index in [0.717, 1.165) is 30.6 Å². The molecule has 34 heavy (non-hydrogen) atoms. The zero-order valence-corrected chi connectivity index (χ0v) is 18.5. The molecule has 11 heteroatoms. The van der Waals surface area contributed by atoms with Crippen LogP contribution in [0.15, 0.2) is 36.7 Å². The summed E-state index contributed by atoms with van der Waals surface area (Å²) in [5.41, 5.74) is 2.75. The van der Waals surface area contributed by atoms with Crippen molar-refractivity contribution in [3.05, 3.63) is 53.9 Å². The van der Waals surface area contributed by atoms with Crippen molar-refractivity contribution in [1.29, 1.82) is 0 Å². The SMILES string of the molecule is CC(C)C[C@@](C)(COc1ccc(-c2ncnc3cc(F)c(F)cc23)cc1C(F)(F)F)OC(N)=O. The molecule has 0 aliphatic heterocycles. The molecular formula is C23H22F5N3O3. The lowest BCUT2D eigenvalue weighted by Crippen LogP contribution is -2.41. The van der Waals surface area contributed by atoms with E-state index < -0.39 is 40.8 Å². The Balaban J connectivity index is 2.02. The first-order valence-corrected chi connectivity index (χ1v) is 10.2. The van der Waals surface area contributed by atoms with E-state index in [2.05, 4.69) is 9.97 Å². The molecule has 3 aromatic rings. The molecule has 0 unspecified atom stereocenters. The van der Waals surface area contributed by atoms with E-state index in [9.17, 15) is 26.7 Å². The first-order valence-electron chi connectivity index (χ1n) is 10.2. The molecule has 182 valence electrons.